The van der Waals surface area contributed by atoms with Crippen molar-refractivity contribution < 1.29 is 101 Å². The van der Waals surface area contributed by atoms with E-state index < -0.39 is 186 Å². The van der Waals surface area contributed by atoms with Gasteiger partial charge in [0.2, 0.25) is 100 Å². The summed E-state index contributed by atoms with van der Waals surface area (Å²) in [5.41, 5.74) is 11.5. The Kier molecular flexibility index (Phi) is 39.0. The summed E-state index contributed by atoms with van der Waals surface area (Å²) in [5, 5.41) is 46.5. The van der Waals surface area contributed by atoms with Gasteiger partial charge in [-0.1, -0.05) is 0 Å². The van der Waals surface area contributed by atoms with E-state index in [9.17, 15) is 101 Å². The minimum atomic E-state index is -1.68. The number of thioether (sulfide) groups is 3. The third-order valence-corrected chi connectivity index (χ3v) is 16.8. The molecule has 0 bridgehead atoms. The van der Waals surface area contributed by atoms with Crippen LogP contribution in [0.15, 0.2) is 0 Å². The average molecular weight is 1420 g/mol. The molecule has 0 saturated carbocycles. The molecule has 0 radical (unpaired) electrons. The summed E-state index contributed by atoms with van der Waals surface area (Å²) in [4.78, 5) is 239. The number of carbonyl (C=O) groups is 19. The highest BCUT2D eigenvalue weighted by Gasteiger charge is 2.41. The number of likely N-dealkylation sites (tertiary alicyclic amines) is 2. The molecule has 37 nitrogen and oxygen atoms in total. The maximum Gasteiger partial charge on any atom is 0.245 e. The van der Waals surface area contributed by atoms with Crippen molar-refractivity contribution in [3.63, 3.8) is 0 Å². The molecule has 0 aliphatic carbocycles. The summed E-state index contributed by atoms with van der Waals surface area (Å²) in [5.74, 6) is -13.7. The van der Waals surface area contributed by atoms with Crippen molar-refractivity contribution in [2.24, 2.45) is 11.5 Å². The molecule has 17 amide bonds. The molecule has 8 atom stereocenters. The summed E-state index contributed by atoms with van der Waals surface area (Å²) >= 11 is 7.18. The highest BCUT2D eigenvalue weighted by Crippen LogP contribution is 2.26. The number of Topliss-reactive ketones (excluding diaryl/α,β-unsaturated/α-hetero) is 2. The van der Waals surface area contributed by atoms with E-state index in [1.165, 1.54) is 25.6 Å². The summed E-state index contributed by atoms with van der Waals surface area (Å²) in [6.07, 6.45) is 0.684. The van der Waals surface area contributed by atoms with Crippen molar-refractivity contribution in [2.75, 3.05) is 101 Å². The molecule has 18 N–H and O–H groups in total. The molecule has 2 heterocycles. The quantitative estimate of drug-likeness (QED) is 0.0153. The Morgan fingerprint density at radius 2 is 0.947 bits per heavy atom. The molecule has 41 heteroatoms. The summed E-state index contributed by atoms with van der Waals surface area (Å²) < 4.78 is 0. The molecule has 0 aromatic carbocycles. The monoisotopic (exact) mass is 1420 g/mol. The van der Waals surface area contributed by atoms with Crippen molar-refractivity contribution >= 4 is 160 Å². The van der Waals surface area contributed by atoms with Crippen LogP contribution in [0.4, 0.5) is 0 Å². The Balaban J connectivity index is 1.78. The lowest BCUT2D eigenvalue weighted by atomic mass is 10.1. The molecule has 0 aromatic rings. The van der Waals surface area contributed by atoms with Crippen molar-refractivity contribution in [1.29, 1.82) is 0 Å². The van der Waals surface area contributed by atoms with Gasteiger partial charge in [0.15, 0.2) is 0 Å². The van der Waals surface area contributed by atoms with E-state index in [0.717, 1.165) is 33.3 Å². The van der Waals surface area contributed by atoms with E-state index in [1.54, 1.807) is 6.26 Å². The maximum absolute atomic E-state index is 13.6. The first-order valence-corrected chi connectivity index (χ1v) is 33.7. The van der Waals surface area contributed by atoms with E-state index in [0.29, 0.717) is 5.75 Å². The Hall–Kier alpha value is -7.99. The van der Waals surface area contributed by atoms with Gasteiger partial charge in [0.25, 0.3) is 0 Å². The maximum atomic E-state index is 13.6. The number of aliphatic hydroxyl groups is 2. The van der Waals surface area contributed by atoms with Crippen LogP contribution in [-0.2, 0) is 91.1 Å². The molecule has 95 heavy (non-hydrogen) atoms. The second-order valence-electron chi connectivity index (χ2n) is 21.2. The molecule has 530 valence electrons. The first-order valence-electron chi connectivity index (χ1n) is 29.6. The van der Waals surface area contributed by atoms with Crippen molar-refractivity contribution in [3.8, 4) is 0 Å². The van der Waals surface area contributed by atoms with Gasteiger partial charge in [-0.15, -0.1) is 23.5 Å². The normalized spacial score (nSPS) is 16.1. The zero-order valence-corrected chi connectivity index (χ0v) is 55.8. The predicted molar refractivity (Wildman–Crippen MR) is 343 cm³/mol. The number of amides is 17. The minimum absolute atomic E-state index is 0.00924. The van der Waals surface area contributed by atoms with E-state index in [1.807, 2.05) is 0 Å². The standard InChI is InChI=1S/C54H84N16O21S4/c1-28(73)18-59-41(78)21-61-43(80)26-94-36-16-45(82)69(53(36)90)13-8-38(75)57-11-5-4-6-31(47(56)84)65-51(88)34(24-72)67-52(89)35(25-92)68-50(87)32(10-15-93-3)66-48(85)30(55)20-63-49(86)33(23-71)64-40(77)7-12-58-39(76)9-14-70-46(83)17-37(54(70)91)95-27-44(81)62-22-42(79)60-19-29(2)74/h30-37,71-72,92H,4-27,55H2,1-3H3,(H2,56,84)(H,57,75)(H,58,76)(H,59,78)(H,60,79)(H,61,80)(H,62,81)(H,63,86)(H,64,77)(H,65,88)(H,66,85)(H,67,89)(H,68,87)/t30-,31+,32-,33-,34-,35?,36?,37?/m0/s1. The number of imide groups is 2. The topological polar surface area (TPSA) is 568 Å². The largest absolute Gasteiger partial charge is 0.394 e. The number of primary amides is 1. The number of rotatable bonds is 47. The van der Waals surface area contributed by atoms with Crippen LogP contribution in [-0.4, -0.2) is 280 Å². The van der Waals surface area contributed by atoms with Gasteiger partial charge >= 0.3 is 0 Å². The smallest absolute Gasteiger partial charge is 0.245 e. The Labute approximate surface area is 563 Å². The van der Waals surface area contributed by atoms with Gasteiger partial charge < -0.3 is 85.5 Å². The van der Waals surface area contributed by atoms with Crippen LogP contribution in [0.2, 0.25) is 0 Å². The molecular weight excluding hydrogens is 1340 g/mol. The SMILES string of the molecule is CSCC[C@H](NC(=O)[C@@H](N)CNC(=O)[C@H](CO)NC(=O)CCNC(=O)CCN1C(=O)CC(SCC(=O)NCC(=O)NCC(C)=O)C1=O)C(=O)NC(CS)C(=O)N[C@@H](CO)C(=O)N[C@H](CCCCNC(=O)CCN1C(=O)CC(SCC(=O)NCC(=O)NCC(C)=O)C1=O)C(N)=O. The molecule has 0 aromatic heterocycles. The number of nitrogens with zero attached hydrogens (tertiary/aromatic N) is 2. The Morgan fingerprint density at radius 3 is 1.42 bits per heavy atom. The average Bonchev–Trinajstić information content (AvgIpc) is 1.73. The van der Waals surface area contributed by atoms with Crippen LogP contribution >= 0.6 is 47.9 Å². The molecule has 2 fully saturated rings. The van der Waals surface area contributed by atoms with E-state index >= 15 is 0 Å². The zero-order chi connectivity index (χ0) is 71.3. The highest BCUT2D eigenvalue weighted by molar-refractivity contribution is 8.01. The molecule has 2 aliphatic heterocycles. The van der Waals surface area contributed by atoms with Crippen LogP contribution < -0.4 is 75.3 Å². The number of hydrogen-bond acceptors (Lipinski definition) is 26. The number of nitrogens with two attached hydrogens (primary N) is 2. The number of aliphatic hydroxyl groups excluding tert-OH is 2. The lowest BCUT2D eigenvalue weighted by molar-refractivity contribution is -0.140. The van der Waals surface area contributed by atoms with Crippen LogP contribution in [0.5, 0.6) is 0 Å². The molecule has 2 rings (SSSR count). The van der Waals surface area contributed by atoms with Gasteiger partial charge in [-0.3, -0.25) is 101 Å². The van der Waals surface area contributed by atoms with Crippen molar-refractivity contribution in [1.82, 2.24) is 73.6 Å². The van der Waals surface area contributed by atoms with Crippen LogP contribution in [0.3, 0.4) is 0 Å². The van der Waals surface area contributed by atoms with E-state index in [4.69, 9.17) is 11.5 Å². The van der Waals surface area contributed by atoms with Crippen molar-refractivity contribution in [2.45, 2.75) is 118 Å². The second-order valence-corrected chi connectivity index (χ2v) is 24.9. The van der Waals surface area contributed by atoms with Crippen LogP contribution in [0.25, 0.3) is 0 Å². The summed E-state index contributed by atoms with van der Waals surface area (Å²) in [6, 6.07) is -8.89. The highest BCUT2D eigenvalue weighted by atomic mass is 32.2. The summed E-state index contributed by atoms with van der Waals surface area (Å²) in [6.45, 7) is -1.86. The second kappa shape index (κ2) is 44.6. The first-order chi connectivity index (χ1) is 44.9. The first kappa shape index (κ1) is 83.1. The summed E-state index contributed by atoms with van der Waals surface area (Å²) in [7, 11) is 0. The van der Waals surface area contributed by atoms with Gasteiger partial charge in [-0.25, -0.2) is 0 Å². The third-order valence-electron chi connectivity index (χ3n) is 13.4. The van der Waals surface area contributed by atoms with Gasteiger partial charge in [0.1, 0.15) is 47.8 Å². The number of hydrogen-bond donors (Lipinski definition) is 17. The fourth-order valence-corrected chi connectivity index (χ4v) is 10.9. The molecule has 2 aliphatic rings. The fourth-order valence-electron chi connectivity index (χ4n) is 8.20. The number of carbonyl (C=O) groups excluding carboxylic acids is 19. The van der Waals surface area contributed by atoms with Crippen molar-refractivity contribution in [3.05, 3.63) is 0 Å². The predicted octanol–water partition coefficient (Wildman–Crippen LogP) is -10.1. The number of ketones is 2. The zero-order valence-electron chi connectivity index (χ0n) is 52.5. The Morgan fingerprint density at radius 1 is 0.505 bits per heavy atom. The number of thiol groups is 1. The number of nitrogens with one attached hydrogen (secondary N) is 12. The minimum Gasteiger partial charge on any atom is -0.394 e. The molecule has 2 saturated heterocycles. The van der Waals surface area contributed by atoms with Gasteiger partial charge in [0.05, 0.1) is 61.4 Å². The van der Waals surface area contributed by atoms with E-state index in [2.05, 4.69) is 76.4 Å². The lowest BCUT2D eigenvalue weighted by Crippen LogP contribution is -2.60. The third kappa shape index (κ3) is 32.3. The molecule has 0 spiro atoms. The molecular formula is C54H84N16O21S4. The van der Waals surface area contributed by atoms with Crippen LogP contribution in [0.1, 0.15) is 71.6 Å². The fraction of sp³-hybridized carbons (Fsp3) is 0.648. The van der Waals surface area contributed by atoms with E-state index in [-0.39, 0.29) is 119 Å². The number of unbranched alkanes of at least 4 members (excludes halogenated alkanes) is 1. The lowest BCUT2D eigenvalue weighted by Gasteiger charge is -2.25. The van der Waals surface area contributed by atoms with Crippen LogP contribution in [0, 0.1) is 0 Å². The van der Waals surface area contributed by atoms with Gasteiger partial charge in [-0.2, -0.15) is 24.4 Å². The Bertz CT molecular complexity index is 2820. The van der Waals surface area contributed by atoms with Gasteiger partial charge in [0, 0.05) is 70.6 Å². The molecule has 3 unspecified atom stereocenters. The van der Waals surface area contributed by atoms with Gasteiger partial charge in [-0.05, 0) is 51.5 Å².